The minimum atomic E-state index is -0.554. The molecule has 1 aromatic heterocycles. The van der Waals surface area contributed by atoms with Crippen molar-refractivity contribution in [1.29, 1.82) is 0 Å². The van der Waals surface area contributed by atoms with Crippen molar-refractivity contribution in [3.05, 3.63) is 106 Å². The van der Waals surface area contributed by atoms with Crippen LogP contribution in [0.1, 0.15) is 11.1 Å². The lowest BCUT2D eigenvalue weighted by molar-refractivity contribution is -0.123. The molecule has 176 valence electrons. The lowest BCUT2D eigenvalue weighted by Crippen LogP contribution is -2.28. The minimum absolute atomic E-state index is 0.118. The van der Waals surface area contributed by atoms with Crippen LogP contribution >= 0.6 is 23.4 Å². The summed E-state index contributed by atoms with van der Waals surface area (Å²) in [5, 5.41) is 0.672. The Labute approximate surface area is 210 Å². The molecule has 1 aliphatic rings. The van der Waals surface area contributed by atoms with Crippen molar-refractivity contribution in [2.75, 3.05) is 6.61 Å². The van der Waals surface area contributed by atoms with Gasteiger partial charge < -0.3 is 9.30 Å². The number of nitrogens with zero attached hydrogens (tertiary/aromatic N) is 2. The Morgan fingerprint density at radius 1 is 0.971 bits per heavy atom. The fraction of sp³-hybridized carbons (Fsp3) is 0.111. The molecule has 4 aromatic rings. The van der Waals surface area contributed by atoms with E-state index in [-0.39, 0.29) is 22.0 Å². The van der Waals surface area contributed by atoms with Crippen LogP contribution in [0.25, 0.3) is 17.0 Å². The summed E-state index contributed by atoms with van der Waals surface area (Å²) in [7, 11) is 0. The van der Waals surface area contributed by atoms with Crippen LogP contribution < -0.4 is 4.74 Å². The van der Waals surface area contributed by atoms with Gasteiger partial charge in [-0.3, -0.25) is 14.5 Å². The molecule has 5 rings (SSSR count). The van der Waals surface area contributed by atoms with Gasteiger partial charge in [0.1, 0.15) is 18.2 Å². The number of hydrogen-bond donors (Lipinski definition) is 0. The number of aromatic nitrogens is 1. The zero-order valence-corrected chi connectivity index (χ0v) is 20.1. The second-order valence-corrected chi connectivity index (χ2v) is 9.32. The second-order valence-electron chi connectivity index (χ2n) is 7.92. The highest BCUT2D eigenvalue weighted by molar-refractivity contribution is 8.18. The molecule has 1 saturated heterocycles. The zero-order chi connectivity index (χ0) is 24.4. The van der Waals surface area contributed by atoms with Crippen LogP contribution in [-0.2, 0) is 17.9 Å². The Morgan fingerprint density at radius 3 is 2.54 bits per heavy atom. The number of rotatable bonds is 7. The molecule has 2 heterocycles. The number of halogens is 2. The van der Waals surface area contributed by atoms with Gasteiger partial charge in [-0.2, -0.15) is 0 Å². The van der Waals surface area contributed by atoms with Crippen molar-refractivity contribution in [1.82, 2.24) is 9.47 Å². The van der Waals surface area contributed by atoms with Crippen LogP contribution in [0.15, 0.2) is 83.9 Å². The van der Waals surface area contributed by atoms with Gasteiger partial charge in [0.05, 0.1) is 18.0 Å². The standard InChI is InChI=1S/C27H20ClFN2O3S/c28-22-10-6-11-23(29)21(22)17-31-26(32)25(35-27(31)33)15-18-16-30(24-12-5-4-9-20(18)24)13-14-34-19-7-2-1-3-8-19/h1-12,15-16H,13-14,17H2/b25-15-. The number of benzene rings is 3. The van der Waals surface area contributed by atoms with Gasteiger partial charge in [0.25, 0.3) is 11.1 Å². The van der Waals surface area contributed by atoms with E-state index in [0.29, 0.717) is 13.2 Å². The van der Waals surface area contributed by atoms with Crippen LogP contribution in [0.4, 0.5) is 9.18 Å². The average Bonchev–Trinajstić information content (AvgIpc) is 3.34. The number of thioether (sulfide) groups is 1. The van der Waals surface area contributed by atoms with E-state index in [1.54, 1.807) is 6.08 Å². The highest BCUT2D eigenvalue weighted by Gasteiger charge is 2.36. The van der Waals surface area contributed by atoms with Crippen molar-refractivity contribution in [3.63, 3.8) is 0 Å². The van der Waals surface area contributed by atoms with Gasteiger partial charge in [-0.05, 0) is 48.2 Å². The Balaban J connectivity index is 1.38. The average molecular weight is 507 g/mol. The summed E-state index contributed by atoms with van der Waals surface area (Å²) in [5.74, 6) is -0.224. The minimum Gasteiger partial charge on any atom is -0.492 e. The molecule has 35 heavy (non-hydrogen) atoms. The molecule has 0 aliphatic carbocycles. The topological polar surface area (TPSA) is 51.5 Å². The van der Waals surface area contributed by atoms with E-state index in [2.05, 4.69) is 4.57 Å². The largest absolute Gasteiger partial charge is 0.492 e. The molecule has 1 fully saturated rings. The summed E-state index contributed by atoms with van der Waals surface area (Å²) in [6.45, 7) is 0.866. The monoisotopic (exact) mass is 506 g/mol. The number of ether oxygens (including phenoxy) is 1. The lowest BCUT2D eigenvalue weighted by atomic mass is 10.1. The summed E-state index contributed by atoms with van der Waals surface area (Å²) >= 11 is 6.93. The Morgan fingerprint density at radius 2 is 1.74 bits per heavy atom. The first-order valence-electron chi connectivity index (χ1n) is 11.0. The first-order valence-corrected chi connectivity index (χ1v) is 12.1. The van der Waals surface area contributed by atoms with E-state index < -0.39 is 17.0 Å². The maximum Gasteiger partial charge on any atom is 0.293 e. The Bertz CT molecular complexity index is 1430. The summed E-state index contributed by atoms with van der Waals surface area (Å²) in [5.41, 5.74) is 1.93. The van der Waals surface area contributed by atoms with Crippen molar-refractivity contribution >= 4 is 51.5 Å². The smallest absolute Gasteiger partial charge is 0.293 e. The summed E-state index contributed by atoms with van der Waals surface area (Å²) < 4.78 is 22.1. The normalized spacial score (nSPS) is 14.9. The van der Waals surface area contributed by atoms with E-state index in [9.17, 15) is 14.0 Å². The van der Waals surface area contributed by atoms with Crippen molar-refractivity contribution < 1.29 is 18.7 Å². The van der Waals surface area contributed by atoms with Crippen LogP contribution in [0, 0.1) is 5.82 Å². The van der Waals surface area contributed by atoms with E-state index >= 15 is 0 Å². The number of imide groups is 1. The first-order chi connectivity index (χ1) is 17.0. The number of amides is 2. The van der Waals surface area contributed by atoms with Gasteiger partial charge in [-0.25, -0.2) is 4.39 Å². The summed E-state index contributed by atoms with van der Waals surface area (Å²) in [6.07, 6.45) is 3.66. The number of hydrogen-bond acceptors (Lipinski definition) is 4. The van der Waals surface area contributed by atoms with E-state index in [0.717, 1.165) is 38.9 Å². The molecule has 0 N–H and O–H groups in total. The number of carbonyl (C=O) groups excluding carboxylic acids is 2. The molecule has 8 heteroatoms. The van der Waals surface area contributed by atoms with Crippen LogP contribution in [0.3, 0.4) is 0 Å². The van der Waals surface area contributed by atoms with Crippen LogP contribution in [0.2, 0.25) is 5.02 Å². The van der Waals surface area contributed by atoms with E-state index in [1.165, 1.54) is 18.2 Å². The molecule has 0 radical (unpaired) electrons. The summed E-state index contributed by atoms with van der Waals surface area (Å²) in [4.78, 5) is 26.9. The predicted octanol–water partition coefficient (Wildman–Crippen LogP) is 6.75. The van der Waals surface area contributed by atoms with Crippen LogP contribution in [0.5, 0.6) is 5.75 Å². The van der Waals surface area contributed by atoms with Crippen molar-refractivity contribution in [3.8, 4) is 5.75 Å². The van der Waals surface area contributed by atoms with E-state index in [1.807, 2.05) is 60.8 Å². The second kappa shape index (κ2) is 9.98. The van der Waals surface area contributed by atoms with Gasteiger partial charge in [0, 0.05) is 33.2 Å². The highest BCUT2D eigenvalue weighted by atomic mass is 35.5. The fourth-order valence-electron chi connectivity index (χ4n) is 3.97. The molecule has 0 bridgehead atoms. The third kappa shape index (κ3) is 4.83. The SMILES string of the molecule is O=C1S/C(=C\c2cn(CCOc3ccccc3)c3ccccc23)C(=O)N1Cc1c(F)cccc1Cl. The molecule has 5 nitrogen and oxygen atoms in total. The highest BCUT2D eigenvalue weighted by Crippen LogP contribution is 2.36. The molecule has 0 spiro atoms. The molecule has 2 amide bonds. The zero-order valence-electron chi connectivity index (χ0n) is 18.5. The molecular weight excluding hydrogens is 487 g/mol. The molecule has 0 saturated carbocycles. The maximum atomic E-state index is 14.2. The lowest BCUT2D eigenvalue weighted by Gasteiger charge is -2.14. The molecular formula is C27H20ClFN2O3S. The Kier molecular flexibility index (Phi) is 6.61. The number of fused-ring (bicyclic) bond motifs is 1. The molecule has 0 unspecified atom stereocenters. The van der Waals surface area contributed by atoms with Gasteiger partial charge in [-0.1, -0.05) is 54.1 Å². The molecule has 0 atom stereocenters. The third-order valence-electron chi connectivity index (χ3n) is 5.70. The number of carbonyl (C=O) groups is 2. The van der Waals surface area contributed by atoms with Gasteiger partial charge in [0.15, 0.2) is 0 Å². The quantitative estimate of drug-likeness (QED) is 0.260. The van der Waals surface area contributed by atoms with E-state index in [4.69, 9.17) is 16.3 Å². The molecule has 1 aliphatic heterocycles. The Hall–Kier alpha value is -3.55. The van der Waals surface area contributed by atoms with Gasteiger partial charge in [-0.15, -0.1) is 0 Å². The van der Waals surface area contributed by atoms with Gasteiger partial charge in [0.2, 0.25) is 0 Å². The molecule has 3 aromatic carbocycles. The van der Waals surface area contributed by atoms with Crippen LogP contribution in [-0.4, -0.2) is 27.2 Å². The van der Waals surface area contributed by atoms with Gasteiger partial charge >= 0.3 is 0 Å². The van der Waals surface area contributed by atoms with Crippen molar-refractivity contribution in [2.24, 2.45) is 0 Å². The van der Waals surface area contributed by atoms with Crippen molar-refractivity contribution in [2.45, 2.75) is 13.1 Å². The first kappa shape index (κ1) is 23.2. The third-order valence-corrected chi connectivity index (χ3v) is 6.96. The summed E-state index contributed by atoms with van der Waals surface area (Å²) in [6, 6.07) is 21.7. The number of para-hydroxylation sites is 2. The predicted molar refractivity (Wildman–Crippen MR) is 137 cm³/mol. The fourth-order valence-corrected chi connectivity index (χ4v) is 5.02. The maximum absolute atomic E-state index is 14.2.